The van der Waals surface area contributed by atoms with E-state index < -0.39 is 10.0 Å². The van der Waals surface area contributed by atoms with Crippen LogP contribution < -0.4 is 4.74 Å². The third-order valence-corrected chi connectivity index (χ3v) is 6.83. The highest BCUT2D eigenvalue weighted by Crippen LogP contribution is 2.17. The smallest absolute Gasteiger partial charge is 0.253 e. The number of ether oxygens (including phenoxy) is 1. The second kappa shape index (κ2) is 10.6. The standard InChI is InChI=1S/C21H27ClN2O4S/c1-4-24(5-2)29(26,27)20-13-7-17(8-14-20)21(25)23(3)15-6-16-28-19-11-9-18(22)10-12-19/h7-14H,4-6,15-16H2,1-3H3. The zero-order chi connectivity index (χ0) is 21.4. The molecular weight excluding hydrogens is 412 g/mol. The van der Waals surface area contributed by atoms with Gasteiger partial charge in [0.2, 0.25) is 10.0 Å². The minimum absolute atomic E-state index is 0.164. The van der Waals surface area contributed by atoms with Gasteiger partial charge in [-0.25, -0.2) is 8.42 Å². The zero-order valence-corrected chi connectivity index (χ0v) is 18.5. The number of benzene rings is 2. The third-order valence-electron chi connectivity index (χ3n) is 4.51. The van der Waals surface area contributed by atoms with Crippen molar-refractivity contribution >= 4 is 27.5 Å². The van der Waals surface area contributed by atoms with Crippen LogP contribution in [0.2, 0.25) is 5.02 Å². The maximum absolute atomic E-state index is 12.6. The van der Waals surface area contributed by atoms with Crippen molar-refractivity contribution in [2.45, 2.75) is 25.2 Å². The molecule has 2 aromatic carbocycles. The van der Waals surface area contributed by atoms with Gasteiger partial charge >= 0.3 is 0 Å². The van der Waals surface area contributed by atoms with Gasteiger partial charge in [0.05, 0.1) is 11.5 Å². The molecule has 0 bridgehead atoms. The summed E-state index contributed by atoms with van der Waals surface area (Å²) in [7, 11) is -1.81. The van der Waals surface area contributed by atoms with Crippen LogP contribution in [0.3, 0.4) is 0 Å². The first-order valence-corrected chi connectivity index (χ1v) is 11.4. The van der Waals surface area contributed by atoms with Gasteiger partial charge in [0, 0.05) is 37.3 Å². The van der Waals surface area contributed by atoms with Gasteiger partial charge in [-0.2, -0.15) is 4.31 Å². The van der Waals surface area contributed by atoms with Crippen molar-refractivity contribution in [2.24, 2.45) is 0 Å². The SMILES string of the molecule is CCN(CC)S(=O)(=O)c1ccc(C(=O)N(C)CCCOc2ccc(Cl)cc2)cc1. The molecule has 29 heavy (non-hydrogen) atoms. The van der Waals surface area contributed by atoms with Crippen molar-refractivity contribution in [1.82, 2.24) is 9.21 Å². The summed E-state index contributed by atoms with van der Waals surface area (Å²) >= 11 is 5.84. The Morgan fingerprint density at radius 2 is 1.59 bits per heavy atom. The predicted octanol–water partition coefficient (Wildman–Crippen LogP) is 3.91. The van der Waals surface area contributed by atoms with Crippen LogP contribution in [0.15, 0.2) is 53.4 Å². The summed E-state index contributed by atoms with van der Waals surface area (Å²) in [5.74, 6) is 0.566. The van der Waals surface area contributed by atoms with Crippen molar-refractivity contribution in [3.63, 3.8) is 0 Å². The first kappa shape index (κ1) is 23.2. The number of amides is 1. The number of halogens is 1. The van der Waals surface area contributed by atoms with Crippen molar-refractivity contribution < 1.29 is 17.9 Å². The lowest BCUT2D eigenvalue weighted by molar-refractivity contribution is 0.0787. The Kier molecular flexibility index (Phi) is 8.49. The van der Waals surface area contributed by atoms with E-state index >= 15 is 0 Å². The van der Waals surface area contributed by atoms with E-state index in [0.717, 1.165) is 5.75 Å². The first-order valence-electron chi connectivity index (χ1n) is 9.53. The molecular formula is C21H27ClN2O4S. The second-order valence-corrected chi connectivity index (χ2v) is 8.87. The third kappa shape index (κ3) is 6.19. The molecule has 0 saturated carbocycles. The highest BCUT2D eigenvalue weighted by molar-refractivity contribution is 7.89. The van der Waals surface area contributed by atoms with Crippen molar-refractivity contribution in [3.8, 4) is 5.75 Å². The van der Waals surface area contributed by atoms with Crippen molar-refractivity contribution in [3.05, 3.63) is 59.1 Å². The summed E-state index contributed by atoms with van der Waals surface area (Å²) in [5.41, 5.74) is 0.449. The predicted molar refractivity (Wildman–Crippen MR) is 115 cm³/mol. The van der Waals surface area contributed by atoms with Gasteiger partial charge in [-0.15, -0.1) is 0 Å². The van der Waals surface area contributed by atoms with E-state index in [4.69, 9.17) is 16.3 Å². The molecule has 0 radical (unpaired) electrons. The van der Waals surface area contributed by atoms with Crippen LogP contribution in [0.5, 0.6) is 5.75 Å². The summed E-state index contributed by atoms with van der Waals surface area (Å²) < 4.78 is 32.1. The Hall–Kier alpha value is -2.09. The fourth-order valence-corrected chi connectivity index (χ4v) is 4.41. The Labute approximate surface area is 178 Å². The minimum Gasteiger partial charge on any atom is -0.494 e. The number of carbonyl (C=O) groups excluding carboxylic acids is 1. The molecule has 0 heterocycles. The summed E-state index contributed by atoms with van der Waals surface area (Å²) in [6, 6.07) is 13.2. The summed E-state index contributed by atoms with van der Waals surface area (Å²) in [6.07, 6.45) is 0.666. The van der Waals surface area contributed by atoms with Crippen molar-refractivity contribution in [1.29, 1.82) is 0 Å². The van der Waals surface area contributed by atoms with Gasteiger partial charge in [-0.3, -0.25) is 4.79 Å². The molecule has 0 aliphatic heterocycles. The fraction of sp³-hybridized carbons (Fsp3) is 0.381. The van der Waals surface area contributed by atoms with E-state index in [-0.39, 0.29) is 10.8 Å². The lowest BCUT2D eigenvalue weighted by Gasteiger charge is -2.19. The van der Waals surface area contributed by atoms with E-state index in [9.17, 15) is 13.2 Å². The Balaban J connectivity index is 1.89. The molecule has 158 valence electrons. The summed E-state index contributed by atoms with van der Waals surface area (Å²) in [4.78, 5) is 14.4. The maximum atomic E-state index is 12.6. The van der Waals surface area contributed by atoms with Crippen LogP contribution in [-0.4, -0.2) is 56.8 Å². The van der Waals surface area contributed by atoms with E-state index in [1.165, 1.54) is 16.4 Å². The molecule has 0 saturated heterocycles. The summed E-state index contributed by atoms with van der Waals surface area (Å²) in [6.45, 7) is 5.39. The van der Waals surface area contributed by atoms with Gasteiger partial charge in [0.15, 0.2) is 0 Å². The largest absolute Gasteiger partial charge is 0.494 e. The lowest BCUT2D eigenvalue weighted by Crippen LogP contribution is -2.31. The average Bonchev–Trinajstić information content (AvgIpc) is 2.72. The van der Waals surface area contributed by atoms with Crippen LogP contribution >= 0.6 is 11.6 Å². The number of hydrogen-bond acceptors (Lipinski definition) is 4. The molecule has 0 spiro atoms. The average molecular weight is 439 g/mol. The number of sulfonamides is 1. The van der Waals surface area contributed by atoms with Gasteiger partial charge in [0.25, 0.3) is 5.91 Å². The highest BCUT2D eigenvalue weighted by atomic mass is 35.5. The van der Waals surface area contributed by atoms with Gasteiger partial charge in [-0.05, 0) is 55.0 Å². The summed E-state index contributed by atoms with van der Waals surface area (Å²) in [5, 5.41) is 0.651. The molecule has 2 aromatic rings. The normalized spacial score (nSPS) is 11.5. The van der Waals surface area contributed by atoms with Crippen LogP contribution in [0.25, 0.3) is 0 Å². The molecule has 0 unspecified atom stereocenters. The molecule has 2 rings (SSSR count). The molecule has 0 aromatic heterocycles. The maximum Gasteiger partial charge on any atom is 0.253 e. The number of hydrogen-bond donors (Lipinski definition) is 0. The van der Waals surface area contributed by atoms with Crippen LogP contribution in [-0.2, 0) is 10.0 Å². The van der Waals surface area contributed by atoms with Gasteiger partial charge in [-0.1, -0.05) is 25.4 Å². The highest BCUT2D eigenvalue weighted by Gasteiger charge is 2.22. The molecule has 0 aliphatic carbocycles. The molecule has 0 N–H and O–H groups in total. The van der Waals surface area contributed by atoms with Crippen molar-refractivity contribution in [2.75, 3.05) is 33.3 Å². The van der Waals surface area contributed by atoms with E-state index in [0.29, 0.717) is 43.2 Å². The number of rotatable bonds is 10. The van der Waals surface area contributed by atoms with Gasteiger partial charge < -0.3 is 9.64 Å². The fourth-order valence-electron chi connectivity index (χ4n) is 2.83. The first-order chi connectivity index (χ1) is 13.8. The number of nitrogens with zero attached hydrogens (tertiary/aromatic N) is 2. The van der Waals surface area contributed by atoms with Crippen LogP contribution in [0.1, 0.15) is 30.6 Å². The van der Waals surface area contributed by atoms with Crippen LogP contribution in [0, 0.1) is 0 Å². The quantitative estimate of drug-likeness (QED) is 0.527. The van der Waals surface area contributed by atoms with E-state index in [1.54, 1.807) is 62.2 Å². The monoisotopic (exact) mass is 438 g/mol. The Morgan fingerprint density at radius 3 is 2.14 bits per heavy atom. The lowest BCUT2D eigenvalue weighted by atomic mass is 10.2. The van der Waals surface area contributed by atoms with Gasteiger partial charge in [0.1, 0.15) is 5.75 Å². The molecule has 8 heteroatoms. The Morgan fingerprint density at radius 1 is 1.00 bits per heavy atom. The molecule has 0 fully saturated rings. The number of carbonyl (C=O) groups is 1. The van der Waals surface area contributed by atoms with E-state index in [1.807, 2.05) is 0 Å². The Bertz CT molecular complexity index is 895. The molecule has 6 nitrogen and oxygen atoms in total. The van der Waals surface area contributed by atoms with E-state index in [2.05, 4.69) is 0 Å². The minimum atomic E-state index is -3.53. The second-order valence-electron chi connectivity index (χ2n) is 6.50. The topological polar surface area (TPSA) is 66.9 Å². The van der Waals surface area contributed by atoms with Crippen LogP contribution in [0.4, 0.5) is 0 Å². The molecule has 0 aliphatic rings. The molecule has 1 amide bonds. The zero-order valence-electron chi connectivity index (χ0n) is 17.0. The molecule has 0 atom stereocenters.